The third kappa shape index (κ3) is 4.59. The standard InChI is InChI=1S/C14H17FN2O2.ClH/c1-19-13-9-16-8-12(13)17-14(18)6-5-10-3-2-4-11(15)7-10;/h2-7,12-13,16H,8-9H2,1H3,(H,17,18);1H. The van der Waals surface area contributed by atoms with Crippen LogP contribution in [0, 0.1) is 5.82 Å². The van der Waals surface area contributed by atoms with Gasteiger partial charge in [0.25, 0.3) is 0 Å². The van der Waals surface area contributed by atoms with E-state index in [-0.39, 0.29) is 36.3 Å². The number of halogens is 2. The van der Waals surface area contributed by atoms with Gasteiger partial charge in [0.1, 0.15) is 5.82 Å². The number of nitrogens with one attached hydrogen (secondary N) is 2. The minimum atomic E-state index is -0.318. The molecule has 0 bridgehead atoms. The fourth-order valence-electron chi connectivity index (χ4n) is 2.06. The predicted molar refractivity (Wildman–Crippen MR) is 78.3 cm³/mol. The fourth-order valence-corrected chi connectivity index (χ4v) is 2.06. The van der Waals surface area contributed by atoms with Crippen molar-refractivity contribution in [3.05, 3.63) is 41.7 Å². The van der Waals surface area contributed by atoms with Gasteiger partial charge in [-0.25, -0.2) is 4.39 Å². The Morgan fingerprint density at radius 3 is 3.00 bits per heavy atom. The highest BCUT2D eigenvalue weighted by molar-refractivity contribution is 5.92. The molecule has 1 aliphatic rings. The molecule has 0 aliphatic carbocycles. The molecule has 1 aliphatic heterocycles. The van der Waals surface area contributed by atoms with Gasteiger partial charge in [-0.3, -0.25) is 4.79 Å². The van der Waals surface area contributed by atoms with Gasteiger partial charge < -0.3 is 15.4 Å². The van der Waals surface area contributed by atoms with Gasteiger partial charge in [-0.1, -0.05) is 12.1 Å². The first kappa shape index (κ1) is 16.6. The summed E-state index contributed by atoms with van der Waals surface area (Å²) in [6, 6.07) is 6.05. The van der Waals surface area contributed by atoms with Gasteiger partial charge in [0.05, 0.1) is 12.1 Å². The Morgan fingerprint density at radius 2 is 2.30 bits per heavy atom. The third-order valence-electron chi connectivity index (χ3n) is 3.06. The number of rotatable bonds is 4. The number of hydrogen-bond acceptors (Lipinski definition) is 3. The highest BCUT2D eigenvalue weighted by Gasteiger charge is 2.27. The van der Waals surface area contributed by atoms with Crippen LogP contribution in [0.4, 0.5) is 4.39 Å². The summed E-state index contributed by atoms with van der Waals surface area (Å²) in [5.74, 6) is -0.526. The Bertz CT molecular complexity index is 482. The SMILES string of the molecule is COC1CNCC1NC(=O)C=Cc1cccc(F)c1.Cl. The van der Waals surface area contributed by atoms with Gasteiger partial charge in [-0.2, -0.15) is 0 Å². The average molecular weight is 301 g/mol. The van der Waals surface area contributed by atoms with E-state index in [2.05, 4.69) is 10.6 Å². The van der Waals surface area contributed by atoms with Crippen molar-refractivity contribution in [1.82, 2.24) is 10.6 Å². The summed E-state index contributed by atoms with van der Waals surface area (Å²) in [5, 5.41) is 6.00. The lowest BCUT2D eigenvalue weighted by atomic mass is 10.2. The maximum absolute atomic E-state index is 13.0. The van der Waals surface area contributed by atoms with Crippen LogP contribution in [0.3, 0.4) is 0 Å². The number of amides is 1. The number of ether oxygens (including phenoxy) is 1. The molecule has 1 aromatic carbocycles. The molecule has 20 heavy (non-hydrogen) atoms. The molecule has 1 aromatic rings. The molecule has 6 heteroatoms. The van der Waals surface area contributed by atoms with Crippen molar-refractivity contribution in [2.75, 3.05) is 20.2 Å². The van der Waals surface area contributed by atoms with E-state index < -0.39 is 0 Å². The van der Waals surface area contributed by atoms with Gasteiger partial charge in [0, 0.05) is 26.3 Å². The molecule has 0 saturated carbocycles. The molecule has 0 spiro atoms. The lowest BCUT2D eigenvalue weighted by molar-refractivity contribution is -0.117. The highest BCUT2D eigenvalue weighted by atomic mass is 35.5. The molecule has 1 heterocycles. The maximum Gasteiger partial charge on any atom is 0.244 e. The number of methoxy groups -OCH3 is 1. The molecule has 1 saturated heterocycles. The van der Waals surface area contributed by atoms with Crippen molar-refractivity contribution in [2.24, 2.45) is 0 Å². The molecule has 2 atom stereocenters. The Morgan fingerprint density at radius 1 is 1.50 bits per heavy atom. The van der Waals surface area contributed by atoms with Gasteiger partial charge in [-0.15, -0.1) is 12.4 Å². The number of hydrogen-bond donors (Lipinski definition) is 2. The quantitative estimate of drug-likeness (QED) is 0.826. The number of carbonyl (C=O) groups is 1. The molecule has 1 amide bonds. The highest BCUT2D eigenvalue weighted by Crippen LogP contribution is 2.06. The minimum absolute atomic E-state index is 0. The smallest absolute Gasteiger partial charge is 0.244 e. The minimum Gasteiger partial charge on any atom is -0.378 e. The maximum atomic E-state index is 13.0. The first-order chi connectivity index (χ1) is 9.19. The van der Waals surface area contributed by atoms with Crippen LogP contribution in [0.25, 0.3) is 6.08 Å². The molecule has 2 rings (SSSR count). The molecule has 4 nitrogen and oxygen atoms in total. The van der Waals surface area contributed by atoms with E-state index in [1.165, 1.54) is 18.2 Å². The summed E-state index contributed by atoms with van der Waals surface area (Å²) in [6.45, 7) is 1.42. The Balaban J connectivity index is 0.00000200. The van der Waals surface area contributed by atoms with Crippen LogP contribution in [-0.4, -0.2) is 38.3 Å². The van der Waals surface area contributed by atoms with Gasteiger partial charge in [0.2, 0.25) is 5.91 Å². The van der Waals surface area contributed by atoms with E-state index in [0.29, 0.717) is 12.1 Å². The molecule has 0 radical (unpaired) electrons. The summed E-state index contributed by atoms with van der Waals surface area (Å²) < 4.78 is 18.2. The van der Waals surface area contributed by atoms with Crippen LogP contribution in [0.1, 0.15) is 5.56 Å². The third-order valence-corrected chi connectivity index (χ3v) is 3.06. The first-order valence-electron chi connectivity index (χ1n) is 6.16. The molecule has 2 N–H and O–H groups in total. The predicted octanol–water partition coefficient (Wildman–Crippen LogP) is 1.36. The molecule has 110 valence electrons. The van der Waals surface area contributed by atoms with Crippen LogP contribution in [-0.2, 0) is 9.53 Å². The van der Waals surface area contributed by atoms with Gasteiger partial charge in [0.15, 0.2) is 0 Å². The van der Waals surface area contributed by atoms with E-state index in [1.54, 1.807) is 25.3 Å². The van der Waals surface area contributed by atoms with Crippen LogP contribution in [0.15, 0.2) is 30.3 Å². The molecular weight excluding hydrogens is 283 g/mol. The second kappa shape index (κ2) is 7.99. The summed E-state index contributed by atoms with van der Waals surface area (Å²) in [5.41, 5.74) is 0.656. The molecular formula is C14H18ClFN2O2. The topological polar surface area (TPSA) is 50.4 Å². The van der Waals surface area contributed by atoms with E-state index in [1.807, 2.05) is 0 Å². The normalized spacial score (nSPS) is 21.7. The van der Waals surface area contributed by atoms with Crippen molar-refractivity contribution < 1.29 is 13.9 Å². The lowest BCUT2D eigenvalue weighted by Crippen LogP contribution is -2.42. The van der Waals surface area contributed by atoms with E-state index >= 15 is 0 Å². The number of benzene rings is 1. The fraction of sp³-hybridized carbons (Fsp3) is 0.357. The zero-order valence-corrected chi connectivity index (χ0v) is 12.0. The summed E-state index contributed by atoms with van der Waals surface area (Å²) in [4.78, 5) is 11.7. The van der Waals surface area contributed by atoms with Gasteiger partial charge in [-0.05, 0) is 23.8 Å². The van der Waals surface area contributed by atoms with Crippen molar-refractivity contribution in [1.29, 1.82) is 0 Å². The van der Waals surface area contributed by atoms with E-state index in [0.717, 1.165) is 6.54 Å². The van der Waals surface area contributed by atoms with Crippen molar-refractivity contribution in [2.45, 2.75) is 12.1 Å². The van der Waals surface area contributed by atoms with Crippen LogP contribution >= 0.6 is 12.4 Å². The molecule has 1 fully saturated rings. The van der Waals surface area contributed by atoms with Crippen molar-refractivity contribution in [3.63, 3.8) is 0 Å². The summed E-state index contributed by atoms with van der Waals surface area (Å²) >= 11 is 0. The summed E-state index contributed by atoms with van der Waals surface area (Å²) in [6.07, 6.45) is 2.98. The van der Waals surface area contributed by atoms with Crippen LogP contribution < -0.4 is 10.6 Å². The monoisotopic (exact) mass is 300 g/mol. The summed E-state index contributed by atoms with van der Waals surface area (Å²) in [7, 11) is 1.62. The molecule has 2 unspecified atom stereocenters. The Kier molecular flexibility index (Phi) is 6.64. The lowest BCUT2D eigenvalue weighted by Gasteiger charge is -2.17. The number of carbonyl (C=O) groups excluding carboxylic acids is 1. The zero-order chi connectivity index (χ0) is 13.7. The van der Waals surface area contributed by atoms with Crippen molar-refractivity contribution >= 4 is 24.4 Å². The van der Waals surface area contributed by atoms with Gasteiger partial charge >= 0.3 is 0 Å². The zero-order valence-electron chi connectivity index (χ0n) is 11.1. The second-order valence-electron chi connectivity index (χ2n) is 4.44. The van der Waals surface area contributed by atoms with Crippen LogP contribution in [0.5, 0.6) is 0 Å². The Labute approximate surface area is 123 Å². The second-order valence-corrected chi connectivity index (χ2v) is 4.44. The first-order valence-corrected chi connectivity index (χ1v) is 6.16. The van der Waals surface area contributed by atoms with Crippen molar-refractivity contribution in [3.8, 4) is 0 Å². The largest absolute Gasteiger partial charge is 0.378 e. The Hall–Kier alpha value is -1.43. The average Bonchev–Trinajstić information content (AvgIpc) is 2.84. The molecule has 0 aromatic heterocycles. The van der Waals surface area contributed by atoms with Crippen LogP contribution in [0.2, 0.25) is 0 Å². The van der Waals surface area contributed by atoms with E-state index in [9.17, 15) is 9.18 Å². The van der Waals surface area contributed by atoms with E-state index in [4.69, 9.17) is 4.74 Å².